The maximum absolute atomic E-state index is 10.2. The van der Waals surface area contributed by atoms with Crippen LogP contribution in [0, 0.1) is 0 Å². The summed E-state index contributed by atoms with van der Waals surface area (Å²) in [6, 6.07) is 5.78. The van der Waals surface area contributed by atoms with E-state index in [0.29, 0.717) is 6.54 Å². The molecule has 0 atom stereocenters. The minimum absolute atomic E-state index is 0.0198. The van der Waals surface area contributed by atoms with Gasteiger partial charge in [0.25, 0.3) is 0 Å². The molecule has 0 fully saturated rings. The van der Waals surface area contributed by atoms with Crippen molar-refractivity contribution in [3.63, 3.8) is 0 Å². The summed E-state index contributed by atoms with van der Waals surface area (Å²) in [5.41, 5.74) is 1.02. The molecule has 0 aromatic carbocycles. The van der Waals surface area contributed by atoms with Crippen LogP contribution < -0.4 is 5.32 Å². The molecule has 0 aliphatic heterocycles. The monoisotopic (exact) mass is 272 g/mol. The third-order valence-electron chi connectivity index (χ3n) is 1.84. The van der Waals surface area contributed by atoms with Crippen molar-refractivity contribution in [3.05, 3.63) is 28.5 Å². The van der Waals surface area contributed by atoms with Gasteiger partial charge in [0.1, 0.15) is 4.60 Å². The maximum atomic E-state index is 10.2. The minimum Gasteiger partial charge on any atom is -0.480 e. The van der Waals surface area contributed by atoms with Crippen molar-refractivity contribution >= 4 is 21.9 Å². The fraction of sp³-hybridized carbons (Fsp3) is 0.400. The zero-order valence-electron chi connectivity index (χ0n) is 8.24. The molecule has 1 rings (SSSR count). The molecule has 1 heterocycles. The number of aromatic nitrogens is 1. The molecule has 0 radical (unpaired) electrons. The molecule has 5 heteroatoms. The largest absolute Gasteiger partial charge is 0.480 e. The number of nitrogens with one attached hydrogen (secondary N) is 1. The molecule has 0 saturated heterocycles. The average molecular weight is 273 g/mol. The van der Waals surface area contributed by atoms with Gasteiger partial charge in [-0.3, -0.25) is 4.79 Å². The molecule has 0 aliphatic rings. The summed E-state index contributed by atoms with van der Waals surface area (Å²) in [4.78, 5) is 14.5. The van der Waals surface area contributed by atoms with Gasteiger partial charge < -0.3 is 10.4 Å². The van der Waals surface area contributed by atoms with Crippen LogP contribution in [0.25, 0.3) is 0 Å². The fourth-order valence-electron chi connectivity index (χ4n) is 1.18. The molecule has 15 heavy (non-hydrogen) atoms. The topological polar surface area (TPSA) is 62.2 Å². The Balaban J connectivity index is 2.17. The number of pyridine rings is 1. The standard InChI is InChI=1S/C10H13BrN2O2/c11-9-5-1-3-8(13-9)4-2-6-12-7-10(14)15/h1,3,5,12H,2,4,6-7H2,(H,14,15). The number of carbonyl (C=O) groups is 1. The van der Waals surface area contributed by atoms with Gasteiger partial charge in [-0.15, -0.1) is 0 Å². The Morgan fingerprint density at radius 2 is 2.33 bits per heavy atom. The zero-order valence-corrected chi connectivity index (χ0v) is 9.83. The molecule has 82 valence electrons. The molecule has 1 aromatic heterocycles. The van der Waals surface area contributed by atoms with Crippen molar-refractivity contribution in [3.8, 4) is 0 Å². The predicted octanol–water partition coefficient (Wildman–Crippen LogP) is 1.45. The summed E-state index contributed by atoms with van der Waals surface area (Å²) in [5.74, 6) is -0.824. The van der Waals surface area contributed by atoms with E-state index in [2.05, 4.69) is 26.2 Å². The van der Waals surface area contributed by atoms with E-state index in [1.807, 2.05) is 18.2 Å². The highest BCUT2D eigenvalue weighted by Gasteiger charge is 1.97. The van der Waals surface area contributed by atoms with E-state index in [9.17, 15) is 4.79 Å². The number of nitrogens with zero attached hydrogens (tertiary/aromatic N) is 1. The van der Waals surface area contributed by atoms with Crippen molar-refractivity contribution in [1.82, 2.24) is 10.3 Å². The van der Waals surface area contributed by atoms with Crippen LogP contribution in [-0.4, -0.2) is 29.1 Å². The SMILES string of the molecule is O=C(O)CNCCCc1cccc(Br)n1. The average Bonchev–Trinajstić information content (AvgIpc) is 2.17. The lowest BCUT2D eigenvalue weighted by molar-refractivity contribution is -0.135. The van der Waals surface area contributed by atoms with Gasteiger partial charge in [-0.05, 0) is 47.4 Å². The molecule has 0 unspecified atom stereocenters. The van der Waals surface area contributed by atoms with E-state index in [-0.39, 0.29) is 6.54 Å². The summed E-state index contributed by atoms with van der Waals surface area (Å²) in [7, 11) is 0. The van der Waals surface area contributed by atoms with E-state index in [1.54, 1.807) is 0 Å². The Hall–Kier alpha value is -0.940. The number of carboxylic acids is 1. The highest BCUT2D eigenvalue weighted by atomic mass is 79.9. The smallest absolute Gasteiger partial charge is 0.317 e. The van der Waals surface area contributed by atoms with Crippen LogP contribution in [-0.2, 0) is 11.2 Å². The van der Waals surface area contributed by atoms with Crippen LogP contribution in [0.2, 0.25) is 0 Å². The molecule has 4 nitrogen and oxygen atoms in total. The van der Waals surface area contributed by atoms with E-state index in [1.165, 1.54) is 0 Å². The predicted molar refractivity (Wildman–Crippen MR) is 60.8 cm³/mol. The third-order valence-corrected chi connectivity index (χ3v) is 2.28. The van der Waals surface area contributed by atoms with Crippen molar-refractivity contribution < 1.29 is 9.90 Å². The number of aryl methyl sites for hydroxylation is 1. The molecule has 0 bridgehead atoms. The van der Waals surface area contributed by atoms with Gasteiger partial charge in [-0.2, -0.15) is 0 Å². The summed E-state index contributed by atoms with van der Waals surface area (Å²) in [5, 5.41) is 11.2. The van der Waals surface area contributed by atoms with Crippen LogP contribution >= 0.6 is 15.9 Å². The Labute approximate surface area is 96.8 Å². The number of hydrogen-bond donors (Lipinski definition) is 2. The first kappa shape index (κ1) is 12.1. The first-order valence-corrected chi connectivity index (χ1v) is 5.52. The number of aliphatic carboxylic acids is 1. The van der Waals surface area contributed by atoms with Gasteiger partial charge in [0.05, 0.1) is 6.54 Å². The van der Waals surface area contributed by atoms with Gasteiger partial charge >= 0.3 is 5.97 Å². The minimum atomic E-state index is -0.824. The molecule has 0 amide bonds. The molecule has 1 aromatic rings. The number of rotatable bonds is 6. The van der Waals surface area contributed by atoms with Gasteiger partial charge in [0.2, 0.25) is 0 Å². The van der Waals surface area contributed by atoms with Gasteiger partial charge in [0.15, 0.2) is 0 Å². The highest BCUT2D eigenvalue weighted by molar-refractivity contribution is 9.10. The summed E-state index contributed by atoms with van der Waals surface area (Å²) in [6.07, 6.45) is 1.74. The van der Waals surface area contributed by atoms with Crippen LogP contribution in [0.5, 0.6) is 0 Å². The lowest BCUT2D eigenvalue weighted by Crippen LogP contribution is -2.23. The van der Waals surface area contributed by atoms with E-state index in [0.717, 1.165) is 23.1 Å². The first-order valence-electron chi connectivity index (χ1n) is 4.72. The second kappa shape index (κ2) is 6.53. The van der Waals surface area contributed by atoms with Crippen LogP contribution in [0.15, 0.2) is 22.8 Å². The summed E-state index contributed by atoms with van der Waals surface area (Å²) in [6.45, 7) is 0.715. The number of hydrogen-bond acceptors (Lipinski definition) is 3. The van der Waals surface area contributed by atoms with Crippen molar-refractivity contribution in [2.24, 2.45) is 0 Å². The lowest BCUT2D eigenvalue weighted by atomic mass is 10.2. The molecule has 0 spiro atoms. The molecule has 0 saturated carbocycles. The Kier molecular flexibility index (Phi) is 5.28. The van der Waals surface area contributed by atoms with E-state index in [4.69, 9.17) is 5.11 Å². The Bertz CT molecular complexity index is 331. The van der Waals surface area contributed by atoms with Crippen molar-refractivity contribution in [2.45, 2.75) is 12.8 Å². The highest BCUT2D eigenvalue weighted by Crippen LogP contribution is 2.07. The van der Waals surface area contributed by atoms with Crippen molar-refractivity contribution in [2.75, 3.05) is 13.1 Å². The summed E-state index contributed by atoms with van der Waals surface area (Å²) < 4.78 is 0.832. The van der Waals surface area contributed by atoms with Crippen LogP contribution in [0.3, 0.4) is 0 Å². The number of carboxylic acid groups (broad SMARTS) is 1. The fourth-order valence-corrected chi connectivity index (χ4v) is 1.56. The van der Waals surface area contributed by atoms with Gasteiger partial charge in [0, 0.05) is 5.69 Å². The van der Waals surface area contributed by atoms with Crippen LogP contribution in [0.4, 0.5) is 0 Å². The van der Waals surface area contributed by atoms with Crippen LogP contribution in [0.1, 0.15) is 12.1 Å². The van der Waals surface area contributed by atoms with Gasteiger partial charge in [-0.25, -0.2) is 4.98 Å². The quantitative estimate of drug-likeness (QED) is 0.608. The Morgan fingerprint density at radius 1 is 1.53 bits per heavy atom. The maximum Gasteiger partial charge on any atom is 0.317 e. The zero-order chi connectivity index (χ0) is 11.1. The first-order chi connectivity index (χ1) is 7.18. The van der Waals surface area contributed by atoms with E-state index >= 15 is 0 Å². The molecule has 0 aliphatic carbocycles. The number of halogens is 1. The second-order valence-electron chi connectivity index (χ2n) is 3.13. The van der Waals surface area contributed by atoms with Gasteiger partial charge in [-0.1, -0.05) is 6.07 Å². The molecular formula is C10H13BrN2O2. The molecular weight excluding hydrogens is 260 g/mol. The lowest BCUT2D eigenvalue weighted by Gasteiger charge is -2.02. The van der Waals surface area contributed by atoms with E-state index < -0.39 is 5.97 Å². The summed E-state index contributed by atoms with van der Waals surface area (Å²) >= 11 is 3.30. The third kappa shape index (κ3) is 5.49. The normalized spacial score (nSPS) is 10.2. The second-order valence-corrected chi connectivity index (χ2v) is 3.94. The molecule has 2 N–H and O–H groups in total. The van der Waals surface area contributed by atoms with Crippen molar-refractivity contribution in [1.29, 1.82) is 0 Å². The Morgan fingerprint density at radius 3 is 3.00 bits per heavy atom.